The first kappa shape index (κ1) is 14.2. The molecular weight excluding hydrogens is 232 g/mol. The highest BCUT2D eigenvalue weighted by atomic mass is 16.3. The zero-order valence-corrected chi connectivity index (χ0v) is 10.8. The van der Waals surface area contributed by atoms with Gasteiger partial charge in [0.25, 0.3) is 5.91 Å². The fraction of sp³-hybridized carbons (Fsp3) is 0.385. The van der Waals surface area contributed by atoms with Crippen molar-refractivity contribution in [1.29, 1.82) is 0 Å². The summed E-state index contributed by atoms with van der Waals surface area (Å²) in [6.07, 6.45) is 0.581. The summed E-state index contributed by atoms with van der Waals surface area (Å²) in [5.41, 5.74) is 0.216. The predicted molar refractivity (Wildman–Crippen MR) is 69.4 cm³/mol. The molecule has 0 heterocycles. The van der Waals surface area contributed by atoms with Crippen LogP contribution in [-0.4, -0.2) is 41.5 Å². The summed E-state index contributed by atoms with van der Waals surface area (Å²) in [5, 5.41) is 12.2. The molecule has 98 valence electrons. The van der Waals surface area contributed by atoms with Gasteiger partial charge in [0.2, 0.25) is 6.41 Å². The molecule has 5 heteroatoms. The van der Waals surface area contributed by atoms with E-state index in [0.29, 0.717) is 17.7 Å². The third-order valence-corrected chi connectivity index (χ3v) is 2.33. The van der Waals surface area contributed by atoms with E-state index in [4.69, 9.17) is 0 Å². The summed E-state index contributed by atoms with van der Waals surface area (Å²) in [7, 11) is 1.64. The van der Waals surface area contributed by atoms with Crippen LogP contribution in [-0.2, 0) is 4.79 Å². The Kier molecular flexibility index (Phi) is 4.44. The van der Waals surface area contributed by atoms with E-state index in [-0.39, 0.29) is 12.5 Å². The highest BCUT2D eigenvalue weighted by Crippen LogP contribution is 2.12. The number of benzene rings is 1. The van der Waals surface area contributed by atoms with Crippen LogP contribution in [0.3, 0.4) is 0 Å². The van der Waals surface area contributed by atoms with E-state index in [1.807, 2.05) is 0 Å². The molecule has 0 aliphatic rings. The summed E-state index contributed by atoms with van der Waals surface area (Å²) in [4.78, 5) is 23.7. The largest absolute Gasteiger partial charge is 0.389 e. The minimum absolute atomic E-state index is 0.172. The van der Waals surface area contributed by atoms with Crippen LogP contribution >= 0.6 is 0 Å². The van der Waals surface area contributed by atoms with Crippen molar-refractivity contribution in [1.82, 2.24) is 4.90 Å². The molecule has 2 N–H and O–H groups in total. The number of rotatable bonds is 5. The van der Waals surface area contributed by atoms with E-state index in [2.05, 4.69) is 5.32 Å². The molecule has 0 fully saturated rings. The van der Waals surface area contributed by atoms with Crippen LogP contribution in [0.1, 0.15) is 24.2 Å². The number of carbonyl (C=O) groups excluding carboxylic acids is 2. The third kappa shape index (κ3) is 4.18. The molecule has 0 radical (unpaired) electrons. The highest BCUT2D eigenvalue weighted by Gasteiger charge is 2.20. The Balaban J connectivity index is 2.74. The van der Waals surface area contributed by atoms with E-state index in [9.17, 15) is 14.7 Å². The zero-order chi connectivity index (χ0) is 13.8. The number of hydrogen-bond donors (Lipinski definition) is 2. The molecule has 0 aromatic heterocycles. The topological polar surface area (TPSA) is 69.6 Å². The molecule has 0 unspecified atom stereocenters. The molecule has 0 aliphatic carbocycles. The van der Waals surface area contributed by atoms with E-state index >= 15 is 0 Å². The van der Waals surface area contributed by atoms with Crippen LogP contribution in [0.25, 0.3) is 0 Å². The van der Waals surface area contributed by atoms with Gasteiger partial charge in [0.15, 0.2) is 0 Å². The maximum atomic E-state index is 12.0. The van der Waals surface area contributed by atoms with Crippen molar-refractivity contribution in [3.05, 3.63) is 29.8 Å². The van der Waals surface area contributed by atoms with Gasteiger partial charge in [0.1, 0.15) is 0 Å². The van der Waals surface area contributed by atoms with Crippen molar-refractivity contribution in [3.63, 3.8) is 0 Å². The molecule has 1 aromatic rings. The van der Waals surface area contributed by atoms with Crippen LogP contribution in [0.4, 0.5) is 5.69 Å². The number of likely N-dealkylation sites (N-methyl/N-ethyl adjacent to an activating group) is 1. The van der Waals surface area contributed by atoms with Gasteiger partial charge in [-0.15, -0.1) is 0 Å². The van der Waals surface area contributed by atoms with Crippen LogP contribution < -0.4 is 5.32 Å². The SMILES string of the molecule is CN(CC(C)(C)O)C(=O)c1ccc(NC=O)cc1. The van der Waals surface area contributed by atoms with Gasteiger partial charge < -0.3 is 15.3 Å². The number of carbonyl (C=O) groups is 2. The minimum Gasteiger partial charge on any atom is -0.389 e. The van der Waals surface area contributed by atoms with Gasteiger partial charge in [0.05, 0.1) is 5.60 Å². The first-order valence-electron chi connectivity index (χ1n) is 5.61. The fourth-order valence-corrected chi connectivity index (χ4v) is 1.65. The van der Waals surface area contributed by atoms with Gasteiger partial charge in [-0.3, -0.25) is 9.59 Å². The molecule has 18 heavy (non-hydrogen) atoms. The van der Waals surface area contributed by atoms with Gasteiger partial charge >= 0.3 is 0 Å². The average molecular weight is 250 g/mol. The summed E-state index contributed by atoms with van der Waals surface area (Å²) in [5.74, 6) is -0.172. The molecule has 1 rings (SSSR count). The van der Waals surface area contributed by atoms with Gasteiger partial charge in [0, 0.05) is 24.8 Å². The lowest BCUT2D eigenvalue weighted by atomic mass is 10.1. The molecule has 0 saturated heterocycles. The fourth-order valence-electron chi connectivity index (χ4n) is 1.65. The lowest BCUT2D eigenvalue weighted by Gasteiger charge is -2.25. The van der Waals surface area contributed by atoms with Gasteiger partial charge in [-0.2, -0.15) is 0 Å². The molecule has 5 nitrogen and oxygen atoms in total. The Hall–Kier alpha value is -1.88. The Morgan fingerprint density at radius 3 is 2.39 bits per heavy atom. The normalized spacial score (nSPS) is 10.9. The molecule has 2 amide bonds. The second-order valence-electron chi connectivity index (χ2n) is 4.81. The van der Waals surface area contributed by atoms with Gasteiger partial charge in [-0.05, 0) is 38.1 Å². The quantitative estimate of drug-likeness (QED) is 0.769. The van der Waals surface area contributed by atoms with E-state index in [1.165, 1.54) is 4.90 Å². The maximum Gasteiger partial charge on any atom is 0.253 e. The molecule has 0 spiro atoms. The van der Waals surface area contributed by atoms with Crippen molar-refractivity contribution in [2.75, 3.05) is 18.9 Å². The van der Waals surface area contributed by atoms with Crippen molar-refractivity contribution in [3.8, 4) is 0 Å². The molecule has 1 aromatic carbocycles. The minimum atomic E-state index is -0.927. The third-order valence-electron chi connectivity index (χ3n) is 2.33. The van der Waals surface area contributed by atoms with Crippen molar-refractivity contribution >= 4 is 18.0 Å². The second-order valence-corrected chi connectivity index (χ2v) is 4.81. The Bertz CT molecular complexity index is 421. The number of anilines is 1. The smallest absolute Gasteiger partial charge is 0.253 e. The Morgan fingerprint density at radius 2 is 1.94 bits per heavy atom. The molecule has 0 atom stereocenters. The lowest BCUT2D eigenvalue weighted by Crippen LogP contribution is -2.39. The zero-order valence-electron chi connectivity index (χ0n) is 10.8. The number of nitrogens with one attached hydrogen (secondary N) is 1. The second kappa shape index (κ2) is 5.64. The number of nitrogens with zero attached hydrogens (tertiary/aromatic N) is 1. The predicted octanol–water partition coefficient (Wildman–Crippen LogP) is 1.10. The Labute approximate surface area is 106 Å². The first-order chi connectivity index (χ1) is 8.33. The first-order valence-corrected chi connectivity index (χ1v) is 5.61. The average Bonchev–Trinajstić information content (AvgIpc) is 2.27. The summed E-state index contributed by atoms with van der Waals surface area (Å²) in [6.45, 7) is 3.54. The van der Waals surface area contributed by atoms with Crippen LogP contribution in [0.2, 0.25) is 0 Å². The summed E-state index contributed by atoms with van der Waals surface area (Å²) < 4.78 is 0. The Morgan fingerprint density at radius 1 is 1.39 bits per heavy atom. The number of amides is 2. The standard InChI is InChI=1S/C13H18N2O3/c1-13(2,18)8-15(3)12(17)10-4-6-11(7-5-10)14-9-16/h4-7,9,18H,8H2,1-3H3,(H,14,16). The number of hydrogen-bond acceptors (Lipinski definition) is 3. The van der Waals surface area contributed by atoms with Gasteiger partial charge in [-0.1, -0.05) is 0 Å². The van der Waals surface area contributed by atoms with Crippen molar-refractivity contribution in [2.24, 2.45) is 0 Å². The van der Waals surface area contributed by atoms with Crippen LogP contribution in [0.5, 0.6) is 0 Å². The van der Waals surface area contributed by atoms with Gasteiger partial charge in [-0.25, -0.2) is 0 Å². The van der Waals surface area contributed by atoms with E-state index in [1.54, 1.807) is 45.2 Å². The molecule has 0 aliphatic heterocycles. The monoisotopic (exact) mass is 250 g/mol. The molecule has 0 saturated carbocycles. The molecular formula is C13H18N2O3. The van der Waals surface area contributed by atoms with Crippen molar-refractivity contribution < 1.29 is 14.7 Å². The molecule has 0 bridgehead atoms. The van der Waals surface area contributed by atoms with E-state index < -0.39 is 5.60 Å². The summed E-state index contributed by atoms with van der Waals surface area (Å²) in [6, 6.07) is 6.57. The van der Waals surface area contributed by atoms with Crippen LogP contribution in [0.15, 0.2) is 24.3 Å². The highest BCUT2D eigenvalue weighted by molar-refractivity contribution is 5.94. The maximum absolute atomic E-state index is 12.0. The van der Waals surface area contributed by atoms with E-state index in [0.717, 1.165) is 0 Å². The number of aliphatic hydroxyl groups is 1. The van der Waals surface area contributed by atoms with Crippen molar-refractivity contribution in [2.45, 2.75) is 19.4 Å². The lowest BCUT2D eigenvalue weighted by molar-refractivity contribution is -0.105. The van der Waals surface area contributed by atoms with Crippen LogP contribution in [0, 0.1) is 0 Å². The summed E-state index contributed by atoms with van der Waals surface area (Å²) >= 11 is 0.